The summed E-state index contributed by atoms with van der Waals surface area (Å²) >= 11 is 0. The van der Waals surface area contributed by atoms with E-state index in [1.807, 2.05) is 37.2 Å². The van der Waals surface area contributed by atoms with E-state index in [0.29, 0.717) is 26.3 Å². The fourth-order valence-electron chi connectivity index (χ4n) is 2.56. The first-order valence-electron chi connectivity index (χ1n) is 7.80. The van der Waals surface area contributed by atoms with Gasteiger partial charge in [-0.1, -0.05) is 6.07 Å². The van der Waals surface area contributed by atoms with Crippen LogP contribution in [0.3, 0.4) is 0 Å². The first-order chi connectivity index (χ1) is 11.7. The van der Waals surface area contributed by atoms with Crippen LogP contribution in [-0.2, 0) is 20.1 Å². The molecule has 0 aliphatic carbocycles. The van der Waals surface area contributed by atoms with Gasteiger partial charge in [0.15, 0.2) is 17.5 Å². The molecule has 0 fully saturated rings. The van der Waals surface area contributed by atoms with Crippen molar-refractivity contribution in [1.82, 2.24) is 25.0 Å². The van der Waals surface area contributed by atoms with Crippen molar-refractivity contribution in [3.8, 4) is 11.5 Å². The summed E-state index contributed by atoms with van der Waals surface area (Å²) < 4.78 is 12.9. The molecule has 24 heavy (non-hydrogen) atoms. The van der Waals surface area contributed by atoms with Gasteiger partial charge in [-0.25, -0.2) is 4.98 Å². The van der Waals surface area contributed by atoms with Gasteiger partial charge >= 0.3 is 0 Å². The molecule has 2 aromatic rings. The molecule has 8 heteroatoms. The number of ether oxygens (including phenoxy) is 2. The molecule has 8 nitrogen and oxygen atoms in total. The van der Waals surface area contributed by atoms with Gasteiger partial charge in [0.05, 0.1) is 6.54 Å². The maximum atomic E-state index is 5.63. The maximum Gasteiger partial charge on any atom is 0.194 e. The zero-order valence-electron chi connectivity index (χ0n) is 14.2. The molecular formula is C16H22N6O2. The first-order valence-corrected chi connectivity index (χ1v) is 7.80. The van der Waals surface area contributed by atoms with Crippen molar-refractivity contribution in [2.24, 2.45) is 12.0 Å². The van der Waals surface area contributed by atoms with Crippen molar-refractivity contribution in [3.63, 3.8) is 0 Å². The van der Waals surface area contributed by atoms with E-state index >= 15 is 0 Å². The zero-order valence-corrected chi connectivity index (χ0v) is 14.2. The third-order valence-corrected chi connectivity index (χ3v) is 3.81. The van der Waals surface area contributed by atoms with Crippen LogP contribution in [0.5, 0.6) is 11.5 Å². The molecule has 128 valence electrons. The third-order valence-electron chi connectivity index (χ3n) is 3.81. The van der Waals surface area contributed by atoms with Crippen molar-refractivity contribution in [2.45, 2.75) is 13.1 Å². The Morgan fingerprint density at radius 3 is 2.83 bits per heavy atom. The first kappa shape index (κ1) is 16.1. The summed E-state index contributed by atoms with van der Waals surface area (Å²) in [7, 11) is 5.62. The lowest BCUT2D eigenvalue weighted by Gasteiger charge is -2.23. The summed E-state index contributed by atoms with van der Waals surface area (Å²) in [6.45, 7) is 2.46. The zero-order chi connectivity index (χ0) is 16.9. The van der Waals surface area contributed by atoms with Crippen molar-refractivity contribution >= 4 is 5.96 Å². The predicted molar refractivity (Wildman–Crippen MR) is 90.1 cm³/mol. The van der Waals surface area contributed by atoms with Crippen LogP contribution in [0, 0.1) is 0 Å². The molecule has 0 saturated heterocycles. The predicted octanol–water partition coefficient (Wildman–Crippen LogP) is 0.794. The van der Waals surface area contributed by atoms with Gasteiger partial charge in [0.25, 0.3) is 0 Å². The number of nitrogens with one attached hydrogen (secondary N) is 1. The molecule has 1 aliphatic heterocycles. The van der Waals surface area contributed by atoms with Gasteiger partial charge in [-0.15, -0.1) is 0 Å². The topological polar surface area (TPSA) is 76.8 Å². The molecule has 1 aromatic heterocycles. The molecule has 0 saturated carbocycles. The van der Waals surface area contributed by atoms with Gasteiger partial charge in [-0.2, -0.15) is 5.10 Å². The van der Waals surface area contributed by atoms with E-state index in [4.69, 9.17) is 9.47 Å². The summed E-state index contributed by atoms with van der Waals surface area (Å²) in [4.78, 5) is 10.6. The van der Waals surface area contributed by atoms with Gasteiger partial charge < -0.3 is 19.7 Å². The third kappa shape index (κ3) is 3.58. The Labute approximate surface area is 141 Å². The number of nitrogens with zero attached hydrogens (tertiary/aromatic N) is 5. The Bertz CT molecular complexity index is 727. The average molecular weight is 330 g/mol. The lowest BCUT2D eigenvalue weighted by molar-refractivity contribution is 0.171. The van der Waals surface area contributed by atoms with Gasteiger partial charge in [0.2, 0.25) is 0 Å². The second-order valence-electron chi connectivity index (χ2n) is 5.53. The van der Waals surface area contributed by atoms with Crippen LogP contribution in [-0.4, -0.2) is 52.9 Å². The Morgan fingerprint density at radius 1 is 1.33 bits per heavy atom. The van der Waals surface area contributed by atoms with Crippen molar-refractivity contribution in [2.75, 3.05) is 27.3 Å². The molecule has 2 heterocycles. The highest BCUT2D eigenvalue weighted by Gasteiger charge is 2.14. The SMILES string of the molecule is CN=C(NCc1ncnn1C)N(C)Cc1ccc2c(c1)OCCO2. The van der Waals surface area contributed by atoms with Gasteiger partial charge in [-0.3, -0.25) is 9.67 Å². The van der Waals surface area contributed by atoms with Crippen LogP contribution in [0.4, 0.5) is 0 Å². The van der Waals surface area contributed by atoms with Gasteiger partial charge in [-0.05, 0) is 17.7 Å². The number of guanidine groups is 1. The molecule has 0 unspecified atom stereocenters. The fourth-order valence-corrected chi connectivity index (χ4v) is 2.56. The summed E-state index contributed by atoms with van der Waals surface area (Å²) in [6.07, 6.45) is 1.54. The molecule has 1 aliphatic rings. The Kier molecular flexibility index (Phi) is 4.83. The van der Waals surface area contributed by atoms with E-state index in [-0.39, 0.29) is 0 Å². The number of benzene rings is 1. The molecule has 0 bridgehead atoms. The minimum atomic E-state index is 0.564. The second-order valence-corrected chi connectivity index (χ2v) is 5.53. The van der Waals surface area contributed by atoms with Gasteiger partial charge in [0, 0.05) is 27.7 Å². The van der Waals surface area contributed by atoms with Crippen LogP contribution < -0.4 is 14.8 Å². The second kappa shape index (κ2) is 7.20. The van der Waals surface area contributed by atoms with E-state index in [1.165, 1.54) is 0 Å². The number of aromatic nitrogens is 3. The quantitative estimate of drug-likeness (QED) is 0.660. The van der Waals surface area contributed by atoms with Crippen molar-refractivity contribution in [3.05, 3.63) is 35.9 Å². The fraction of sp³-hybridized carbons (Fsp3) is 0.438. The number of rotatable bonds is 4. The molecular weight excluding hydrogens is 308 g/mol. The van der Waals surface area contributed by atoms with Crippen molar-refractivity contribution in [1.29, 1.82) is 0 Å². The lowest BCUT2D eigenvalue weighted by atomic mass is 10.2. The molecule has 1 N–H and O–H groups in total. The minimum Gasteiger partial charge on any atom is -0.486 e. The smallest absolute Gasteiger partial charge is 0.194 e. The number of aliphatic imine (C=N–C) groups is 1. The Morgan fingerprint density at radius 2 is 2.12 bits per heavy atom. The summed E-state index contributed by atoms with van der Waals surface area (Å²) in [5.41, 5.74) is 1.13. The minimum absolute atomic E-state index is 0.564. The average Bonchev–Trinajstić information content (AvgIpc) is 3.00. The summed E-state index contributed by atoms with van der Waals surface area (Å²) in [5, 5.41) is 7.35. The Hall–Kier alpha value is -2.77. The van der Waals surface area contributed by atoms with Crippen LogP contribution in [0.25, 0.3) is 0 Å². The summed E-state index contributed by atoms with van der Waals surface area (Å²) in [5.74, 6) is 3.24. The van der Waals surface area contributed by atoms with Crippen LogP contribution in [0.2, 0.25) is 0 Å². The normalized spacial score (nSPS) is 13.7. The van der Waals surface area contributed by atoms with E-state index in [1.54, 1.807) is 18.1 Å². The number of aryl methyl sites for hydroxylation is 1. The molecule has 0 radical (unpaired) electrons. The highest BCUT2D eigenvalue weighted by Crippen LogP contribution is 2.30. The van der Waals surface area contributed by atoms with E-state index in [9.17, 15) is 0 Å². The Balaban J connectivity index is 1.62. The van der Waals surface area contributed by atoms with Crippen LogP contribution in [0.1, 0.15) is 11.4 Å². The van der Waals surface area contributed by atoms with Gasteiger partial charge in [0.1, 0.15) is 25.4 Å². The highest BCUT2D eigenvalue weighted by molar-refractivity contribution is 5.79. The molecule has 1 aromatic carbocycles. The number of fused-ring (bicyclic) bond motifs is 1. The molecule has 3 rings (SSSR count). The number of hydrogen-bond acceptors (Lipinski definition) is 5. The molecule has 0 amide bonds. The maximum absolute atomic E-state index is 5.63. The largest absolute Gasteiger partial charge is 0.486 e. The van der Waals surface area contributed by atoms with E-state index in [2.05, 4.69) is 20.4 Å². The van der Waals surface area contributed by atoms with E-state index in [0.717, 1.165) is 28.8 Å². The monoisotopic (exact) mass is 330 g/mol. The van der Waals surface area contributed by atoms with Crippen molar-refractivity contribution < 1.29 is 9.47 Å². The summed E-state index contributed by atoms with van der Waals surface area (Å²) in [6, 6.07) is 6.01. The molecule has 0 atom stereocenters. The lowest BCUT2D eigenvalue weighted by Crippen LogP contribution is -2.38. The van der Waals surface area contributed by atoms with Crippen LogP contribution >= 0.6 is 0 Å². The molecule has 0 spiro atoms. The number of hydrogen-bond donors (Lipinski definition) is 1. The van der Waals surface area contributed by atoms with E-state index < -0.39 is 0 Å². The highest BCUT2D eigenvalue weighted by atomic mass is 16.6. The standard InChI is InChI=1S/C16H22N6O2/c1-17-16(18-9-15-19-11-20-22(15)3)21(2)10-12-4-5-13-14(8-12)24-7-6-23-13/h4-5,8,11H,6-7,9-10H2,1-3H3,(H,17,18). The van der Waals surface area contributed by atoms with Crippen LogP contribution in [0.15, 0.2) is 29.5 Å².